The third-order valence-corrected chi connectivity index (χ3v) is 0.567. The van der Waals surface area contributed by atoms with Crippen LogP contribution in [-0.4, -0.2) is 20.9 Å². The van der Waals surface area contributed by atoms with Crippen LogP contribution in [0.2, 0.25) is 4.55 Å². The van der Waals surface area contributed by atoms with Crippen molar-refractivity contribution >= 4 is 20.9 Å². The molecule has 0 fully saturated rings. The molecule has 0 nitrogen and oxygen atoms in total. The van der Waals surface area contributed by atoms with Gasteiger partial charge in [0, 0.05) is 0 Å². The molecule has 0 saturated heterocycles. The summed E-state index contributed by atoms with van der Waals surface area (Å²) >= 11 is -1.08. The Labute approximate surface area is 35.9 Å². The van der Waals surface area contributed by atoms with E-state index in [2.05, 4.69) is 0 Å². The summed E-state index contributed by atoms with van der Waals surface area (Å²) in [5.74, 6) is 0. The van der Waals surface area contributed by atoms with Crippen LogP contribution < -0.4 is 0 Å². The molecule has 0 aliphatic carbocycles. The van der Waals surface area contributed by atoms with Crippen LogP contribution in [-0.2, 0) is 0 Å². The van der Waals surface area contributed by atoms with Crippen molar-refractivity contribution in [2.24, 2.45) is 0 Å². The van der Waals surface area contributed by atoms with Gasteiger partial charge in [-0.25, -0.2) is 0 Å². The van der Waals surface area contributed by atoms with Crippen LogP contribution in [0.5, 0.6) is 0 Å². The summed E-state index contributed by atoms with van der Waals surface area (Å²) in [4.78, 5) is 0. The normalized spacial score (nSPS) is 5.50. The first-order valence-corrected chi connectivity index (χ1v) is 3.01. The van der Waals surface area contributed by atoms with Crippen LogP contribution in [0, 0.1) is 0 Å². The van der Waals surface area contributed by atoms with E-state index in [9.17, 15) is 2.96 Å². The fraction of sp³-hybridized carbons (Fsp3) is 1.00. The maximum Gasteiger partial charge on any atom is 0.614 e. The average Bonchev–Trinajstić information content (AvgIpc) is 1.37. The van der Waals surface area contributed by atoms with E-state index >= 15 is 0 Å². The van der Waals surface area contributed by atoms with Gasteiger partial charge in [-0.3, -0.25) is 0 Å². The third kappa shape index (κ3) is 2.70. The number of halogens is 1. The van der Waals surface area contributed by atoms with Crippen molar-refractivity contribution in [1.29, 1.82) is 0 Å². The van der Waals surface area contributed by atoms with Crippen LogP contribution >= 0.6 is 0 Å². The number of rotatable bonds is 1. The van der Waals surface area contributed by atoms with Gasteiger partial charge < -0.3 is 2.96 Å². The lowest BCUT2D eigenvalue weighted by molar-refractivity contribution is 0.863. The fourth-order valence-electron chi connectivity index (χ4n) is 0. The molecule has 0 heterocycles. The first-order chi connectivity index (χ1) is 1.91. The first-order valence-electron chi connectivity index (χ1n) is 1.47. The highest BCUT2D eigenvalue weighted by Crippen LogP contribution is 1.67. The Morgan fingerprint density at radius 1 is 2.00 bits per heavy atom. The second kappa shape index (κ2) is 3.70. The molecule has 0 unspecified atom stereocenters. The summed E-state index contributed by atoms with van der Waals surface area (Å²) in [6, 6.07) is 0. The number of hydrogen-bond acceptors (Lipinski definition) is 0. The SMILES string of the molecule is C[CH2][Mg][F]. The molecule has 22 valence electrons. The van der Waals surface area contributed by atoms with Gasteiger partial charge in [-0.2, -0.15) is 0 Å². The lowest BCUT2D eigenvalue weighted by atomic mass is 11.0. The van der Waals surface area contributed by atoms with E-state index in [1.807, 2.05) is 6.92 Å². The molecule has 2 heteroatoms. The molecule has 0 bridgehead atoms. The summed E-state index contributed by atoms with van der Waals surface area (Å²) in [5, 5.41) is 0. The van der Waals surface area contributed by atoms with Gasteiger partial charge in [0.2, 0.25) is 0 Å². The fourth-order valence-corrected chi connectivity index (χ4v) is 0. The molecule has 0 saturated carbocycles. The van der Waals surface area contributed by atoms with E-state index in [0.717, 1.165) is 4.55 Å². The maximum absolute atomic E-state index is 10.9. The summed E-state index contributed by atoms with van der Waals surface area (Å²) in [7, 11) is 0. The van der Waals surface area contributed by atoms with Crippen molar-refractivity contribution in [3.05, 3.63) is 0 Å². The van der Waals surface area contributed by atoms with Gasteiger partial charge in [0.25, 0.3) is 0 Å². The van der Waals surface area contributed by atoms with E-state index in [0.29, 0.717) is 0 Å². The second-order valence-electron chi connectivity index (χ2n) is 0.689. The van der Waals surface area contributed by atoms with E-state index in [-0.39, 0.29) is 0 Å². The van der Waals surface area contributed by atoms with E-state index < -0.39 is 20.9 Å². The Hall–Kier alpha value is 0.696. The molecular weight excluding hydrogens is 67.3 g/mol. The second-order valence-corrected chi connectivity index (χ2v) is 2.07. The Kier molecular flexibility index (Phi) is 4.34. The largest absolute Gasteiger partial charge is 0.614 e. The Morgan fingerprint density at radius 2 is 2.25 bits per heavy atom. The molecule has 0 aliphatic heterocycles. The van der Waals surface area contributed by atoms with Crippen molar-refractivity contribution in [1.82, 2.24) is 0 Å². The standard InChI is InChI=1S/C2H5.FH.Mg/c1-2;;/h1H2,2H3;1H;/q;;+1/p-1. The van der Waals surface area contributed by atoms with Gasteiger partial charge in [-0.15, -0.1) is 4.55 Å². The molecule has 0 aromatic rings. The summed E-state index contributed by atoms with van der Waals surface area (Å²) in [6.45, 7) is 1.87. The predicted molar refractivity (Wildman–Crippen MR) is 17.3 cm³/mol. The smallest absolute Gasteiger partial charge is 0.486 e. The van der Waals surface area contributed by atoms with Gasteiger partial charge in [0.1, 0.15) is 0 Å². The van der Waals surface area contributed by atoms with Crippen molar-refractivity contribution < 1.29 is 2.96 Å². The molecule has 0 amide bonds. The average molecular weight is 72.4 g/mol. The Bertz CT molecular complexity index is 8.00. The van der Waals surface area contributed by atoms with Crippen molar-refractivity contribution in [3.63, 3.8) is 0 Å². The molecular formula is C2H5FMg. The zero-order chi connectivity index (χ0) is 3.41. The molecule has 0 aromatic heterocycles. The van der Waals surface area contributed by atoms with Crippen LogP contribution in [0.4, 0.5) is 2.96 Å². The van der Waals surface area contributed by atoms with Gasteiger partial charge in [0.05, 0.1) is 0 Å². The molecule has 0 radical (unpaired) electrons. The monoisotopic (exact) mass is 72.0 g/mol. The highest BCUT2D eigenvalue weighted by molar-refractivity contribution is 6.25. The van der Waals surface area contributed by atoms with Gasteiger partial charge >= 0.3 is 20.9 Å². The molecule has 0 spiro atoms. The van der Waals surface area contributed by atoms with E-state index in [1.165, 1.54) is 0 Å². The van der Waals surface area contributed by atoms with E-state index in [4.69, 9.17) is 0 Å². The third-order valence-electron chi connectivity index (χ3n) is 0.189. The Morgan fingerprint density at radius 3 is 2.25 bits per heavy atom. The zero-order valence-electron chi connectivity index (χ0n) is 2.79. The van der Waals surface area contributed by atoms with Crippen LogP contribution in [0.15, 0.2) is 0 Å². The minimum atomic E-state index is -1.08. The lowest BCUT2D eigenvalue weighted by Crippen LogP contribution is -1.64. The molecule has 0 N–H and O–H groups in total. The summed E-state index contributed by atoms with van der Waals surface area (Å²) in [5.41, 5.74) is 0. The molecule has 4 heavy (non-hydrogen) atoms. The molecule has 0 aliphatic rings. The van der Waals surface area contributed by atoms with Crippen molar-refractivity contribution in [2.75, 3.05) is 0 Å². The van der Waals surface area contributed by atoms with Gasteiger partial charge in [-0.1, -0.05) is 6.92 Å². The summed E-state index contributed by atoms with van der Waals surface area (Å²) in [6.07, 6.45) is 0. The summed E-state index contributed by atoms with van der Waals surface area (Å²) < 4.78 is 11.7. The van der Waals surface area contributed by atoms with Gasteiger partial charge in [-0.05, 0) is 0 Å². The van der Waals surface area contributed by atoms with Crippen LogP contribution in [0.1, 0.15) is 6.92 Å². The van der Waals surface area contributed by atoms with Crippen molar-refractivity contribution in [3.8, 4) is 0 Å². The van der Waals surface area contributed by atoms with Crippen molar-refractivity contribution in [2.45, 2.75) is 11.5 Å². The number of hydrogen-bond donors (Lipinski definition) is 0. The van der Waals surface area contributed by atoms with Crippen LogP contribution in [0.25, 0.3) is 0 Å². The minimum Gasteiger partial charge on any atom is -0.486 e. The topological polar surface area (TPSA) is 0 Å². The lowest BCUT2D eigenvalue weighted by Gasteiger charge is -1.57. The zero-order valence-corrected chi connectivity index (χ0v) is 4.21. The predicted octanol–water partition coefficient (Wildman–Crippen LogP) is 1.01. The maximum atomic E-state index is 10.9. The highest BCUT2D eigenvalue weighted by Gasteiger charge is 1.79. The quantitative estimate of drug-likeness (QED) is 0.406. The minimum absolute atomic E-state index is 0.792. The molecule has 0 rings (SSSR count). The van der Waals surface area contributed by atoms with Crippen LogP contribution in [0.3, 0.4) is 0 Å². The first kappa shape index (κ1) is 4.70. The molecule has 0 aromatic carbocycles. The van der Waals surface area contributed by atoms with E-state index in [1.54, 1.807) is 0 Å². The highest BCUT2D eigenvalue weighted by atomic mass is 24.6. The molecule has 0 atom stereocenters. The van der Waals surface area contributed by atoms with Gasteiger partial charge in [0.15, 0.2) is 0 Å². The Balaban J connectivity index is 1.97.